The van der Waals surface area contributed by atoms with Gasteiger partial charge in [-0.2, -0.15) is 5.10 Å². The first-order chi connectivity index (χ1) is 19.2. The lowest BCUT2D eigenvalue weighted by Gasteiger charge is -2.44. The van der Waals surface area contributed by atoms with Crippen molar-refractivity contribution in [2.45, 2.75) is 10.9 Å². The minimum Gasteiger partial charge on any atom is -0.273 e. The lowest BCUT2D eigenvalue weighted by molar-refractivity contribution is 0.273. The summed E-state index contributed by atoms with van der Waals surface area (Å²) in [5.74, 6) is 7.81. The number of halogens is 1. The Bertz CT molecular complexity index is 1450. The van der Waals surface area contributed by atoms with E-state index in [1.54, 1.807) is 5.01 Å². The van der Waals surface area contributed by atoms with Gasteiger partial charge in [0.25, 0.3) is 0 Å². The molecule has 5 aromatic rings. The highest BCUT2D eigenvalue weighted by molar-refractivity contribution is 9.08. The topological polar surface area (TPSA) is 54.0 Å². The van der Waals surface area contributed by atoms with Gasteiger partial charge in [0.05, 0.1) is 0 Å². The minimum absolute atomic E-state index is 0.502. The number of alkyl halides is 1. The molecule has 0 spiro atoms. The molecule has 39 heavy (non-hydrogen) atoms. The fourth-order valence-corrected chi connectivity index (χ4v) is 5.49. The SMILES string of the molecule is C=N/N=C(/c1ccccc1-c1ccc(CBr)cc1)N(N)C(c1ccccc1)(c1ccccc1)c1ccccc1. The predicted octanol–water partition coefficient (Wildman–Crippen LogP) is 7.78. The van der Waals surface area contributed by atoms with Crippen molar-refractivity contribution in [3.05, 3.63) is 167 Å². The van der Waals surface area contributed by atoms with Crippen molar-refractivity contribution in [1.82, 2.24) is 5.01 Å². The Morgan fingerprint density at radius 1 is 0.667 bits per heavy atom. The van der Waals surface area contributed by atoms with Gasteiger partial charge in [-0.1, -0.05) is 155 Å². The first kappa shape index (κ1) is 26.3. The van der Waals surface area contributed by atoms with Crippen LogP contribution in [-0.4, -0.2) is 17.6 Å². The van der Waals surface area contributed by atoms with Gasteiger partial charge in [-0.3, -0.25) is 5.01 Å². The molecule has 0 radical (unpaired) electrons. The molecule has 0 amide bonds. The van der Waals surface area contributed by atoms with Gasteiger partial charge in [0.1, 0.15) is 5.54 Å². The number of nitrogens with two attached hydrogens (primary N) is 1. The van der Waals surface area contributed by atoms with Gasteiger partial charge in [0.2, 0.25) is 0 Å². The van der Waals surface area contributed by atoms with E-state index in [2.05, 4.69) is 99.6 Å². The molecule has 0 saturated heterocycles. The molecule has 5 heteroatoms. The minimum atomic E-state index is -0.916. The van der Waals surface area contributed by atoms with E-state index in [0.717, 1.165) is 38.7 Å². The van der Waals surface area contributed by atoms with Gasteiger partial charge in [0.15, 0.2) is 5.84 Å². The summed E-state index contributed by atoms with van der Waals surface area (Å²) in [5.41, 5.74) is 6.20. The molecule has 192 valence electrons. The van der Waals surface area contributed by atoms with Crippen LogP contribution in [0.3, 0.4) is 0 Å². The summed E-state index contributed by atoms with van der Waals surface area (Å²) >= 11 is 3.54. The predicted molar refractivity (Wildman–Crippen MR) is 166 cm³/mol. The lowest BCUT2D eigenvalue weighted by atomic mass is 9.76. The Labute approximate surface area is 238 Å². The van der Waals surface area contributed by atoms with Gasteiger partial charge in [-0.15, -0.1) is 5.10 Å². The van der Waals surface area contributed by atoms with E-state index in [-0.39, 0.29) is 0 Å². The van der Waals surface area contributed by atoms with E-state index in [0.29, 0.717) is 5.84 Å². The van der Waals surface area contributed by atoms with Crippen LogP contribution in [0.5, 0.6) is 0 Å². The number of rotatable bonds is 8. The van der Waals surface area contributed by atoms with E-state index in [1.807, 2.05) is 72.8 Å². The first-order valence-electron chi connectivity index (χ1n) is 12.7. The van der Waals surface area contributed by atoms with Crippen LogP contribution in [0.25, 0.3) is 11.1 Å². The van der Waals surface area contributed by atoms with Crippen molar-refractivity contribution in [3.8, 4) is 11.1 Å². The molecule has 0 heterocycles. The number of hydrazine groups is 1. The van der Waals surface area contributed by atoms with Crippen molar-refractivity contribution in [2.24, 2.45) is 16.0 Å². The second-order valence-electron chi connectivity index (χ2n) is 9.12. The molecule has 0 aliphatic rings. The third-order valence-electron chi connectivity index (χ3n) is 6.92. The third kappa shape index (κ3) is 5.07. The van der Waals surface area contributed by atoms with Crippen molar-refractivity contribution in [3.63, 3.8) is 0 Å². The maximum Gasteiger partial charge on any atom is 0.174 e. The zero-order valence-electron chi connectivity index (χ0n) is 21.5. The Hall–Kier alpha value is -4.32. The van der Waals surface area contributed by atoms with Crippen molar-refractivity contribution < 1.29 is 0 Å². The lowest BCUT2D eigenvalue weighted by Crippen LogP contribution is -2.55. The summed E-state index contributed by atoms with van der Waals surface area (Å²) in [6, 6.07) is 47.4. The quantitative estimate of drug-likeness (QED) is 0.0515. The van der Waals surface area contributed by atoms with Crippen molar-refractivity contribution >= 4 is 28.5 Å². The molecule has 4 nitrogen and oxygen atoms in total. The summed E-state index contributed by atoms with van der Waals surface area (Å²) in [6.07, 6.45) is 0. The highest BCUT2D eigenvalue weighted by Crippen LogP contribution is 2.42. The van der Waals surface area contributed by atoms with Crippen LogP contribution in [0.15, 0.2) is 150 Å². The maximum absolute atomic E-state index is 7.31. The van der Waals surface area contributed by atoms with E-state index < -0.39 is 5.54 Å². The normalized spacial score (nSPS) is 11.7. The standard InChI is InChI=1S/C34H29BrN4/c1-37-38-33(32-20-12-11-19-31(32)27-23-21-26(25-35)22-24-27)39(36)34(28-13-5-2-6-14-28,29-15-7-3-8-16-29)30-17-9-4-10-18-30/h2-24H,1,25,36H2/b38-33-. The van der Waals surface area contributed by atoms with Gasteiger partial charge in [0, 0.05) is 17.6 Å². The van der Waals surface area contributed by atoms with Crippen LogP contribution in [0, 0.1) is 0 Å². The summed E-state index contributed by atoms with van der Waals surface area (Å²) in [4.78, 5) is 0. The van der Waals surface area contributed by atoms with Crippen molar-refractivity contribution in [1.29, 1.82) is 0 Å². The Balaban J connectivity index is 1.79. The van der Waals surface area contributed by atoms with Crippen molar-refractivity contribution in [2.75, 3.05) is 0 Å². The van der Waals surface area contributed by atoms with Crippen LogP contribution in [0.1, 0.15) is 27.8 Å². The molecule has 0 unspecified atom stereocenters. The number of amidine groups is 1. The number of hydrogen-bond donors (Lipinski definition) is 1. The molecule has 0 fully saturated rings. The van der Waals surface area contributed by atoms with Gasteiger partial charge >= 0.3 is 0 Å². The van der Waals surface area contributed by atoms with Gasteiger partial charge in [-0.25, -0.2) is 5.84 Å². The highest BCUT2D eigenvalue weighted by atomic mass is 79.9. The van der Waals surface area contributed by atoms with Crippen LogP contribution < -0.4 is 5.84 Å². The zero-order chi connectivity index (χ0) is 27.1. The molecular formula is C34H29BrN4. The Morgan fingerprint density at radius 3 is 1.59 bits per heavy atom. The van der Waals surface area contributed by atoms with Gasteiger partial charge < -0.3 is 0 Å². The Morgan fingerprint density at radius 2 is 1.13 bits per heavy atom. The second-order valence-corrected chi connectivity index (χ2v) is 9.68. The average Bonchev–Trinajstić information content (AvgIpc) is 3.02. The van der Waals surface area contributed by atoms with E-state index >= 15 is 0 Å². The number of benzene rings is 5. The highest BCUT2D eigenvalue weighted by Gasteiger charge is 2.43. The fourth-order valence-electron chi connectivity index (χ4n) is 5.12. The van der Waals surface area contributed by atoms with Crippen LogP contribution in [0.2, 0.25) is 0 Å². The van der Waals surface area contributed by atoms with E-state index in [4.69, 9.17) is 5.84 Å². The molecule has 0 saturated carbocycles. The number of nitrogens with zero attached hydrogens (tertiary/aromatic N) is 3. The summed E-state index contributed by atoms with van der Waals surface area (Å²) in [6.45, 7) is 3.71. The van der Waals surface area contributed by atoms with E-state index in [9.17, 15) is 0 Å². The summed E-state index contributed by atoms with van der Waals surface area (Å²) in [5, 5.41) is 11.1. The molecule has 5 aromatic carbocycles. The van der Waals surface area contributed by atoms with Gasteiger partial charge in [-0.05, 0) is 33.4 Å². The smallest absolute Gasteiger partial charge is 0.174 e. The number of hydrogen-bond acceptors (Lipinski definition) is 3. The monoisotopic (exact) mass is 572 g/mol. The van der Waals surface area contributed by atoms with E-state index in [1.165, 1.54) is 5.56 Å². The zero-order valence-corrected chi connectivity index (χ0v) is 23.1. The third-order valence-corrected chi connectivity index (χ3v) is 7.56. The van der Waals surface area contributed by atoms with Crippen LogP contribution in [0.4, 0.5) is 0 Å². The molecule has 0 aliphatic carbocycles. The maximum atomic E-state index is 7.31. The second kappa shape index (κ2) is 12.0. The molecule has 2 N–H and O–H groups in total. The molecule has 5 rings (SSSR count). The Kier molecular flexibility index (Phi) is 8.11. The largest absolute Gasteiger partial charge is 0.273 e. The summed E-state index contributed by atoms with van der Waals surface area (Å²) < 4.78 is 0. The molecule has 0 aliphatic heterocycles. The fraction of sp³-hybridized carbons (Fsp3) is 0.0588. The molecule has 0 bridgehead atoms. The molecular weight excluding hydrogens is 544 g/mol. The van der Waals surface area contributed by atoms with Crippen LogP contribution >= 0.6 is 15.9 Å². The average molecular weight is 574 g/mol. The molecule has 0 aromatic heterocycles. The molecule has 0 atom stereocenters. The first-order valence-corrected chi connectivity index (χ1v) is 13.8. The van der Waals surface area contributed by atoms with Crippen LogP contribution in [-0.2, 0) is 10.9 Å². The summed E-state index contributed by atoms with van der Waals surface area (Å²) in [7, 11) is 0.